The molecule has 0 aliphatic carbocycles. The summed E-state index contributed by atoms with van der Waals surface area (Å²) in [5, 5.41) is 8.12. The summed E-state index contributed by atoms with van der Waals surface area (Å²) < 4.78 is 17.2. The third-order valence-corrected chi connectivity index (χ3v) is 7.86. The van der Waals surface area contributed by atoms with Crippen LogP contribution in [-0.4, -0.2) is 94.7 Å². The molecule has 4 N–H and O–H groups in total. The molecule has 4 atom stereocenters. The molecule has 0 aliphatic heterocycles. The Balaban J connectivity index is -0.000000451. The van der Waals surface area contributed by atoms with E-state index in [2.05, 4.69) is 119 Å². The maximum atomic E-state index is 12.2. The van der Waals surface area contributed by atoms with Crippen molar-refractivity contribution >= 4 is 98.0 Å². The van der Waals surface area contributed by atoms with Gasteiger partial charge in [0.2, 0.25) is 0 Å². The third-order valence-electron chi connectivity index (χ3n) is 6.34. The average molecular weight is 1150 g/mol. The van der Waals surface area contributed by atoms with Crippen molar-refractivity contribution in [3.63, 3.8) is 0 Å². The van der Waals surface area contributed by atoms with Crippen molar-refractivity contribution in [3.8, 4) is 0 Å². The molecule has 4 amide bonds. The zero-order chi connectivity index (χ0) is 39.4. The Hall–Kier alpha value is 0.0156. The fourth-order valence-corrected chi connectivity index (χ4v) is 4.40. The Morgan fingerprint density at radius 1 is 0.500 bits per heavy atom. The number of ether oxygens (including phenoxy) is 4. The number of rotatable bonds is 16. The van der Waals surface area contributed by atoms with Crippen molar-refractivity contribution in [2.24, 2.45) is 0 Å². The van der Waals surface area contributed by atoms with Crippen LogP contribution in [0.1, 0.15) is 41.4 Å². The van der Waals surface area contributed by atoms with Gasteiger partial charge in [-0.1, -0.05) is 12.1 Å². The second-order valence-electron chi connectivity index (χ2n) is 9.88. The summed E-state index contributed by atoms with van der Waals surface area (Å²) in [5.74, 6) is -5.02. The largest absolute Gasteiger partial charge is 0.639 e. The minimum Gasteiger partial charge on any atom is -0.639 e. The molecule has 2 aromatic rings. The van der Waals surface area contributed by atoms with Crippen LogP contribution in [0.4, 0.5) is 0 Å². The van der Waals surface area contributed by atoms with Crippen LogP contribution < -0.4 is 21.3 Å². The fraction of sp³-hybridized carbons (Fsp3) is 0.250. The first kappa shape index (κ1) is 62.7. The number of amides is 4. The molecule has 296 valence electrons. The van der Waals surface area contributed by atoms with E-state index < -0.39 is 70.1 Å². The average Bonchev–Trinajstić information content (AvgIpc) is 3.18. The summed E-state index contributed by atoms with van der Waals surface area (Å²) >= 11 is 15.9. The van der Waals surface area contributed by atoms with Crippen molar-refractivity contribution in [3.05, 3.63) is 99.2 Å². The van der Waals surface area contributed by atoms with Gasteiger partial charge in [0.15, 0.2) is 0 Å². The first-order valence-corrected chi connectivity index (χ1v) is 16.8. The van der Waals surface area contributed by atoms with Crippen LogP contribution >= 0.6 is 50.5 Å². The van der Waals surface area contributed by atoms with Crippen molar-refractivity contribution in [2.45, 2.75) is 22.6 Å². The molecule has 0 saturated heterocycles. The Bertz CT molecular complexity index is 1510. The SMILES string of the molecule is [CH2-]OC(=O)C(CS)NC(=O)c1cccc(C(=O)NC(CS)C(=O)O[CH2-])c1.[CH2-]OC(=O)C(S)CNC(=O)c1cccc(C(=O)NCC(S)C(=O)O[CH2-])c1.[Y].[Y].[Y].[Y]. The molecule has 4 unspecified atom stereocenters. The molecule has 56 heavy (non-hydrogen) atoms. The van der Waals surface area contributed by atoms with Gasteiger partial charge in [-0.05, 0) is 36.4 Å². The summed E-state index contributed by atoms with van der Waals surface area (Å²) in [6, 6.07) is 9.62. The maximum Gasteiger partial charge on any atom is 0.297 e. The normalized spacial score (nSPS) is 11.6. The Morgan fingerprint density at radius 3 is 1.02 bits per heavy atom. The zero-order valence-corrected chi connectivity index (χ0v) is 44.5. The van der Waals surface area contributed by atoms with Gasteiger partial charge in [-0.3, -0.25) is 38.4 Å². The molecular formula is C32H36N4O12S4Y4-4. The van der Waals surface area contributed by atoms with Crippen LogP contribution in [0.15, 0.2) is 48.5 Å². The molecule has 0 aliphatic rings. The van der Waals surface area contributed by atoms with Crippen molar-refractivity contribution < 1.29 is 188 Å². The van der Waals surface area contributed by atoms with Crippen LogP contribution in [0.2, 0.25) is 0 Å². The van der Waals surface area contributed by atoms with Crippen molar-refractivity contribution in [1.29, 1.82) is 0 Å². The Kier molecular flexibility index (Phi) is 38.8. The molecule has 0 saturated carbocycles. The molecule has 0 spiro atoms. The topological polar surface area (TPSA) is 222 Å². The van der Waals surface area contributed by atoms with Gasteiger partial charge >= 0.3 is 0 Å². The molecule has 16 nitrogen and oxygen atoms in total. The van der Waals surface area contributed by atoms with E-state index in [-0.39, 0.29) is 178 Å². The Morgan fingerprint density at radius 2 is 0.768 bits per heavy atom. The summed E-state index contributed by atoms with van der Waals surface area (Å²) in [4.78, 5) is 94.0. The van der Waals surface area contributed by atoms with Crippen LogP contribution in [0, 0.1) is 28.4 Å². The number of thiol groups is 4. The molecule has 24 heteroatoms. The first-order chi connectivity index (χ1) is 24.7. The van der Waals surface area contributed by atoms with Crippen LogP contribution in [0.25, 0.3) is 0 Å². The minimum absolute atomic E-state index is 0. The number of nitrogens with one attached hydrogen (secondary N) is 4. The number of esters is 4. The van der Waals surface area contributed by atoms with Crippen molar-refractivity contribution in [1.82, 2.24) is 21.3 Å². The van der Waals surface area contributed by atoms with Gasteiger partial charge in [-0.2, -0.15) is 79.0 Å². The quantitative estimate of drug-likeness (QED) is 0.0507. The van der Waals surface area contributed by atoms with Crippen LogP contribution in [0.3, 0.4) is 0 Å². The van der Waals surface area contributed by atoms with E-state index in [1.165, 1.54) is 48.5 Å². The second kappa shape index (κ2) is 34.7. The number of carbonyl (C=O) groups excluding carboxylic acids is 8. The summed E-state index contributed by atoms with van der Waals surface area (Å²) in [6.07, 6.45) is 0. The first-order valence-electron chi connectivity index (χ1n) is 14.5. The van der Waals surface area contributed by atoms with E-state index in [1.807, 2.05) is 0 Å². The van der Waals surface area contributed by atoms with E-state index in [9.17, 15) is 38.4 Å². The molecule has 4 radical (unpaired) electrons. The molecule has 0 aromatic heterocycles. The number of hydrogen-bond acceptors (Lipinski definition) is 16. The van der Waals surface area contributed by atoms with Crippen LogP contribution in [0.5, 0.6) is 0 Å². The van der Waals surface area contributed by atoms with Gasteiger partial charge in [0, 0.05) is 178 Å². The van der Waals surface area contributed by atoms with Gasteiger partial charge in [-0.15, -0.1) is 0 Å². The third kappa shape index (κ3) is 22.6. The van der Waals surface area contributed by atoms with Gasteiger partial charge in [0.1, 0.15) is 22.6 Å². The monoisotopic (exact) mass is 1150 g/mol. The predicted molar refractivity (Wildman–Crippen MR) is 199 cm³/mol. The zero-order valence-electron chi connectivity index (χ0n) is 29.6. The second-order valence-corrected chi connectivity index (χ2v) is 11.9. The minimum atomic E-state index is -0.985. The standard InChI is InChI=1S/2C16H18N2O6S2.4Y/c1-23-15(21)11(7-25)17-13(19)9-4-3-5-10(6-9)14(20)18-12(8-26)16(22)24-2;1-23-15(21)11(25)7-17-13(19)9-4-3-5-10(6-9)14(20)18-8-12(26)16(22)24-2;;;;/h2*3-6,11-12,25-26H,1-2,7-8H2,(H,17,19)(H,18,20);;;;/q2*-2;;;;. The number of carbonyl (C=O) groups is 8. The maximum absolute atomic E-state index is 12.2. The number of hydrogen-bond donors (Lipinski definition) is 8. The molecule has 0 bridgehead atoms. The molecular weight excluding hydrogens is 1120 g/mol. The Labute approximate surface area is 447 Å². The van der Waals surface area contributed by atoms with E-state index >= 15 is 0 Å². The number of benzene rings is 2. The van der Waals surface area contributed by atoms with Crippen LogP contribution in [-0.2, 0) is 169 Å². The van der Waals surface area contributed by atoms with E-state index in [1.54, 1.807) is 0 Å². The summed E-state index contributed by atoms with van der Waals surface area (Å²) in [6.45, 7) is -0.136. The van der Waals surface area contributed by atoms with Gasteiger partial charge in [0.25, 0.3) is 47.5 Å². The molecule has 0 heterocycles. The summed E-state index contributed by atoms with van der Waals surface area (Å²) in [7, 11) is 11.9. The molecule has 2 aromatic carbocycles. The van der Waals surface area contributed by atoms with Gasteiger partial charge < -0.3 is 40.2 Å². The van der Waals surface area contributed by atoms with E-state index in [0.717, 1.165) is 0 Å². The van der Waals surface area contributed by atoms with Gasteiger partial charge in [0.05, 0.1) is 0 Å². The predicted octanol–water partition coefficient (Wildman–Crippen LogP) is 0.815. The van der Waals surface area contributed by atoms with Gasteiger partial charge in [-0.25, -0.2) is 0 Å². The molecule has 2 rings (SSSR count). The van der Waals surface area contributed by atoms with E-state index in [0.29, 0.717) is 0 Å². The summed E-state index contributed by atoms with van der Waals surface area (Å²) in [5.41, 5.74) is 0.674. The van der Waals surface area contributed by atoms with E-state index in [4.69, 9.17) is 0 Å². The molecule has 0 fully saturated rings. The smallest absolute Gasteiger partial charge is 0.297 e. The fourth-order valence-electron chi connectivity index (χ4n) is 3.59. The van der Waals surface area contributed by atoms with Crippen molar-refractivity contribution in [2.75, 3.05) is 24.6 Å².